The van der Waals surface area contributed by atoms with Crippen molar-refractivity contribution in [1.82, 2.24) is 0 Å². The van der Waals surface area contributed by atoms with Gasteiger partial charge in [0.25, 0.3) is 0 Å². The molecule has 3 nitrogen and oxygen atoms in total. The van der Waals surface area contributed by atoms with Gasteiger partial charge in [0.2, 0.25) is 0 Å². The highest BCUT2D eigenvalue weighted by atomic mass is 16.6. The SMILES string of the molecule is CCCC(=O)OCCOc1ccc(C(C)(C)C)cc1. The number of rotatable bonds is 6. The van der Waals surface area contributed by atoms with Crippen molar-refractivity contribution in [1.29, 1.82) is 0 Å². The van der Waals surface area contributed by atoms with Gasteiger partial charge in [0.15, 0.2) is 0 Å². The zero-order valence-corrected chi connectivity index (χ0v) is 12.4. The monoisotopic (exact) mass is 264 g/mol. The Morgan fingerprint density at radius 2 is 1.74 bits per heavy atom. The van der Waals surface area contributed by atoms with Crippen molar-refractivity contribution < 1.29 is 14.3 Å². The molecule has 3 heteroatoms. The van der Waals surface area contributed by atoms with Crippen molar-refractivity contribution >= 4 is 5.97 Å². The molecule has 0 radical (unpaired) electrons. The molecule has 0 heterocycles. The summed E-state index contributed by atoms with van der Waals surface area (Å²) >= 11 is 0. The summed E-state index contributed by atoms with van der Waals surface area (Å²) in [7, 11) is 0. The van der Waals surface area contributed by atoms with E-state index < -0.39 is 0 Å². The minimum absolute atomic E-state index is 0.147. The van der Waals surface area contributed by atoms with Gasteiger partial charge in [0, 0.05) is 6.42 Å². The van der Waals surface area contributed by atoms with E-state index in [9.17, 15) is 4.79 Å². The first-order valence-electron chi connectivity index (χ1n) is 6.82. The molecule has 106 valence electrons. The Morgan fingerprint density at radius 1 is 1.11 bits per heavy atom. The van der Waals surface area contributed by atoms with Crippen LogP contribution in [0.3, 0.4) is 0 Å². The third-order valence-electron chi connectivity index (χ3n) is 2.79. The summed E-state index contributed by atoms with van der Waals surface area (Å²) in [6.07, 6.45) is 1.29. The van der Waals surface area contributed by atoms with Crippen molar-refractivity contribution in [3.8, 4) is 5.75 Å². The smallest absolute Gasteiger partial charge is 0.305 e. The van der Waals surface area contributed by atoms with Gasteiger partial charge in [-0.2, -0.15) is 0 Å². The first-order valence-corrected chi connectivity index (χ1v) is 6.82. The van der Waals surface area contributed by atoms with Crippen LogP contribution in [0.4, 0.5) is 0 Å². The number of benzene rings is 1. The lowest BCUT2D eigenvalue weighted by Crippen LogP contribution is -2.12. The highest BCUT2D eigenvalue weighted by molar-refractivity contribution is 5.69. The minimum Gasteiger partial charge on any atom is -0.490 e. The third kappa shape index (κ3) is 5.77. The van der Waals surface area contributed by atoms with Crippen LogP contribution in [-0.4, -0.2) is 19.2 Å². The first-order chi connectivity index (χ1) is 8.93. The molecule has 0 bridgehead atoms. The predicted molar refractivity (Wildman–Crippen MR) is 76.5 cm³/mol. The molecule has 1 rings (SSSR count). The minimum atomic E-state index is -0.158. The van der Waals surface area contributed by atoms with Gasteiger partial charge in [0.1, 0.15) is 19.0 Å². The van der Waals surface area contributed by atoms with Crippen LogP contribution in [0.15, 0.2) is 24.3 Å². The van der Waals surface area contributed by atoms with Crippen molar-refractivity contribution in [2.24, 2.45) is 0 Å². The summed E-state index contributed by atoms with van der Waals surface area (Å²) in [5, 5.41) is 0. The van der Waals surface area contributed by atoms with Crippen molar-refractivity contribution in [2.45, 2.75) is 46.0 Å². The van der Waals surface area contributed by atoms with Gasteiger partial charge in [-0.3, -0.25) is 4.79 Å². The Bertz CT molecular complexity index is 387. The van der Waals surface area contributed by atoms with Crippen LogP contribution in [-0.2, 0) is 14.9 Å². The Labute approximate surface area is 115 Å². The molecular weight excluding hydrogens is 240 g/mol. The lowest BCUT2D eigenvalue weighted by atomic mass is 9.87. The number of carbonyl (C=O) groups excluding carboxylic acids is 1. The molecular formula is C16H24O3. The van der Waals surface area contributed by atoms with Crippen LogP contribution < -0.4 is 4.74 Å². The van der Waals surface area contributed by atoms with Gasteiger partial charge in [-0.1, -0.05) is 39.8 Å². The summed E-state index contributed by atoms with van der Waals surface area (Å²) < 4.78 is 10.5. The number of hydrogen-bond acceptors (Lipinski definition) is 3. The molecule has 1 aromatic carbocycles. The lowest BCUT2D eigenvalue weighted by Gasteiger charge is -2.19. The highest BCUT2D eigenvalue weighted by Gasteiger charge is 2.12. The molecule has 0 amide bonds. The molecule has 1 aromatic rings. The van der Waals surface area contributed by atoms with E-state index in [1.807, 2.05) is 19.1 Å². The average molecular weight is 264 g/mol. The van der Waals surface area contributed by atoms with Crippen LogP contribution in [0.5, 0.6) is 5.75 Å². The number of hydrogen-bond donors (Lipinski definition) is 0. The standard InChI is InChI=1S/C16H24O3/c1-5-6-15(17)19-12-11-18-14-9-7-13(8-10-14)16(2,3)4/h7-10H,5-6,11-12H2,1-4H3. The zero-order chi connectivity index (χ0) is 14.3. The Morgan fingerprint density at radius 3 is 2.26 bits per heavy atom. The fourth-order valence-corrected chi connectivity index (χ4v) is 1.64. The molecule has 0 atom stereocenters. The molecule has 0 N–H and O–H groups in total. The maximum Gasteiger partial charge on any atom is 0.305 e. The van der Waals surface area contributed by atoms with Gasteiger partial charge in [-0.25, -0.2) is 0 Å². The molecule has 0 saturated carbocycles. The zero-order valence-electron chi connectivity index (χ0n) is 12.4. The molecule has 0 aliphatic heterocycles. The number of ether oxygens (including phenoxy) is 2. The molecule has 19 heavy (non-hydrogen) atoms. The van der Waals surface area contributed by atoms with E-state index in [1.165, 1.54) is 5.56 Å². The average Bonchev–Trinajstić information content (AvgIpc) is 2.34. The number of carbonyl (C=O) groups is 1. The Balaban J connectivity index is 2.33. The predicted octanol–water partition coefficient (Wildman–Crippen LogP) is 3.71. The van der Waals surface area contributed by atoms with E-state index in [1.54, 1.807) is 0 Å². The lowest BCUT2D eigenvalue weighted by molar-refractivity contribution is -0.144. The van der Waals surface area contributed by atoms with Crippen molar-refractivity contribution in [3.63, 3.8) is 0 Å². The third-order valence-corrected chi connectivity index (χ3v) is 2.79. The van der Waals surface area contributed by atoms with Gasteiger partial charge in [0.05, 0.1) is 0 Å². The van der Waals surface area contributed by atoms with E-state index in [2.05, 4.69) is 32.9 Å². The van der Waals surface area contributed by atoms with Crippen LogP contribution >= 0.6 is 0 Å². The summed E-state index contributed by atoms with van der Waals surface area (Å²) in [6.45, 7) is 9.18. The van der Waals surface area contributed by atoms with Crippen LogP contribution in [0.2, 0.25) is 0 Å². The fraction of sp³-hybridized carbons (Fsp3) is 0.562. The van der Waals surface area contributed by atoms with Crippen LogP contribution in [0, 0.1) is 0 Å². The summed E-state index contributed by atoms with van der Waals surface area (Å²) in [5.74, 6) is 0.647. The van der Waals surface area contributed by atoms with Crippen LogP contribution in [0.1, 0.15) is 46.1 Å². The second kappa shape index (κ2) is 7.17. The van der Waals surface area contributed by atoms with E-state index in [0.29, 0.717) is 19.6 Å². The second-order valence-electron chi connectivity index (χ2n) is 5.59. The first kappa shape index (κ1) is 15.5. The highest BCUT2D eigenvalue weighted by Crippen LogP contribution is 2.24. The van der Waals surface area contributed by atoms with Gasteiger partial charge in [-0.05, 0) is 29.5 Å². The summed E-state index contributed by atoms with van der Waals surface area (Å²) in [5.41, 5.74) is 1.42. The second-order valence-corrected chi connectivity index (χ2v) is 5.59. The molecule has 0 unspecified atom stereocenters. The van der Waals surface area contributed by atoms with Crippen LogP contribution in [0.25, 0.3) is 0 Å². The molecule has 0 saturated heterocycles. The van der Waals surface area contributed by atoms with E-state index in [0.717, 1.165) is 12.2 Å². The van der Waals surface area contributed by atoms with Gasteiger partial charge < -0.3 is 9.47 Å². The molecule has 0 aromatic heterocycles. The number of esters is 1. The molecule has 0 aliphatic rings. The maximum atomic E-state index is 11.1. The topological polar surface area (TPSA) is 35.5 Å². The van der Waals surface area contributed by atoms with Gasteiger partial charge >= 0.3 is 5.97 Å². The maximum absolute atomic E-state index is 11.1. The molecule has 0 aliphatic carbocycles. The Kier molecular flexibility index (Phi) is 5.87. The Hall–Kier alpha value is -1.51. The van der Waals surface area contributed by atoms with E-state index >= 15 is 0 Å². The molecule has 0 spiro atoms. The normalized spacial score (nSPS) is 11.2. The quantitative estimate of drug-likeness (QED) is 0.580. The van der Waals surface area contributed by atoms with Crippen molar-refractivity contribution in [3.05, 3.63) is 29.8 Å². The summed E-state index contributed by atoms with van der Waals surface area (Å²) in [4.78, 5) is 11.1. The largest absolute Gasteiger partial charge is 0.490 e. The molecule has 0 fully saturated rings. The van der Waals surface area contributed by atoms with Crippen molar-refractivity contribution in [2.75, 3.05) is 13.2 Å². The van der Waals surface area contributed by atoms with E-state index in [-0.39, 0.29) is 11.4 Å². The fourth-order valence-electron chi connectivity index (χ4n) is 1.64. The summed E-state index contributed by atoms with van der Waals surface area (Å²) in [6, 6.07) is 8.04. The van der Waals surface area contributed by atoms with E-state index in [4.69, 9.17) is 9.47 Å². The van der Waals surface area contributed by atoms with Gasteiger partial charge in [-0.15, -0.1) is 0 Å².